The first kappa shape index (κ1) is 11.0. The predicted octanol–water partition coefficient (Wildman–Crippen LogP) is 2.80. The third-order valence-corrected chi connectivity index (χ3v) is 2.11. The van der Waals surface area contributed by atoms with Crippen molar-refractivity contribution in [3.8, 4) is 0 Å². The number of aromatic nitrogens is 1. The number of allylic oxidation sites excluding steroid dienone is 1. The van der Waals surface area contributed by atoms with Gasteiger partial charge < -0.3 is 11.1 Å². The third-order valence-electron chi connectivity index (χ3n) is 1.67. The van der Waals surface area contributed by atoms with Crippen molar-refractivity contribution in [1.82, 2.24) is 4.98 Å². The standard InChI is InChI=1S/C10H14BrN3/c1-2-3-4-5-13-10-9(12)6-8(11)7-14-10/h3-4,6-7H,2,5,12H2,1H3,(H,13,14)/b4-3+. The van der Waals surface area contributed by atoms with Crippen molar-refractivity contribution >= 4 is 27.4 Å². The van der Waals surface area contributed by atoms with Crippen LogP contribution in [0.25, 0.3) is 0 Å². The van der Waals surface area contributed by atoms with Gasteiger partial charge in [0.25, 0.3) is 0 Å². The van der Waals surface area contributed by atoms with Crippen molar-refractivity contribution in [2.24, 2.45) is 0 Å². The van der Waals surface area contributed by atoms with Crippen LogP contribution in [0, 0.1) is 0 Å². The molecule has 0 fully saturated rings. The second kappa shape index (κ2) is 5.65. The summed E-state index contributed by atoms with van der Waals surface area (Å²) in [5, 5.41) is 3.13. The van der Waals surface area contributed by atoms with Gasteiger partial charge in [0.2, 0.25) is 0 Å². The van der Waals surface area contributed by atoms with E-state index in [0.717, 1.165) is 23.3 Å². The van der Waals surface area contributed by atoms with Gasteiger partial charge in [0.05, 0.1) is 5.69 Å². The zero-order valence-corrected chi connectivity index (χ0v) is 9.71. The van der Waals surface area contributed by atoms with Crippen LogP contribution in [0.1, 0.15) is 13.3 Å². The van der Waals surface area contributed by atoms with E-state index in [-0.39, 0.29) is 0 Å². The summed E-state index contributed by atoms with van der Waals surface area (Å²) in [6, 6.07) is 1.83. The quantitative estimate of drug-likeness (QED) is 0.814. The number of rotatable bonds is 4. The van der Waals surface area contributed by atoms with Crippen LogP contribution in [0.2, 0.25) is 0 Å². The summed E-state index contributed by atoms with van der Waals surface area (Å²) < 4.78 is 0.893. The minimum Gasteiger partial charge on any atom is -0.396 e. The lowest BCUT2D eigenvalue weighted by Crippen LogP contribution is -2.03. The Morgan fingerprint density at radius 1 is 1.57 bits per heavy atom. The van der Waals surface area contributed by atoms with Gasteiger partial charge in [0.15, 0.2) is 0 Å². The van der Waals surface area contributed by atoms with E-state index in [0.29, 0.717) is 5.69 Å². The van der Waals surface area contributed by atoms with E-state index in [9.17, 15) is 0 Å². The number of nitrogens with one attached hydrogen (secondary N) is 1. The molecule has 1 rings (SSSR count). The summed E-state index contributed by atoms with van der Waals surface area (Å²) >= 11 is 3.31. The Morgan fingerprint density at radius 2 is 2.36 bits per heavy atom. The molecule has 0 amide bonds. The smallest absolute Gasteiger partial charge is 0.149 e. The third kappa shape index (κ3) is 3.38. The van der Waals surface area contributed by atoms with Gasteiger partial charge in [-0.05, 0) is 28.4 Å². The average molecular weight is 256 g/mol. The van der Waals surface area contributed by atoms with Crippen LogP contribution in [-0.4, -0.2) is 11.5 Å². The molecule has 3 N–H and O–H groups in total. The van der Waals surface area contributed by atoms with Crippen LogP contribution in [0.3, 0.4) is 0 Å². The van der Waals surface area contributed by atoms with Crippen molar-refractivity contribution in [2.45, 2.75) is 13.3 Å². The van der Waals surface area contributed by atoms with E-state index in [4.69, 9.17) is 5.73 Å². The van der Waals surface area contributed by atoms with Crippen LogP contribution >= 0.6 is 15.9 Å². The summed E-state index contributed by atoms with van der Waals surface area (Å²) in [4.78, 5) is 4.16. The first-order valence-corrected chi connectivity index (χ1v) is 5.33. The largest absolute Gasteiger partial charge is 0.396 e. The fourth-order valence-corrected chi connectivity index (χ4v) is 1.36. The van der Waals surface area contributed by atoms with Gasteiger partial charge in [0.1, 0.15) is 5.82 Å². The molecule has 0 spiro atoms. The normalized spacial score (nSPS) is 10.7. The molecule has 0 saturated carbocycles. The van der Waals surface area contributed by atoms with Crippen LogP contribution < -0.4 is 11.1 Å². The van der Waals surface area contributed by atoms with E-state index < -0.39 is 0 Å². The number of pyridine rings is 1. The zero-order chi connectivity index (χ0) is 10.4. The van der Waals surface area contributed by atoms with Crippen molar-refractivity contribution in [2.75, 3.05) is 17.6 Å². The molecule has 0 radical (unpaired) electrons. The molecule has 0 aromatic carbocycles. The molecule has 1 heterocycles. The molecule has 0 unspecified atom stereocenters. The highest BCUT2D eigenvalue weighted by molar-refractivity contribution is 9.10. The van der Waals surface area contributed by atoms with E-state index >= 15 is 0 Å². The Labute approximate surface area is 92.5 Å². The topological polar surface area (TPSA) is 50.9 Å². The van der Waals surface area contributed by atoms with Crippen molar-refractivity contribution in [3.63, 3.8) is 0 Å². The number of nitrogen functional groups attached to an aromatic ring is 1. The average Bonchev–Trinajstić information content (AvgIpc) is 2.15. The van der Waals surface area contributed by atoms with Gasteiger partial charge in [-0.15, -0.1) is 0 Å². The summed E-state index contributed by atoms with van der Waals surface area (Å²) in [6.07, 6.45) is 6.93. The highest BCUT2D eigenvalue weighted by Crippen LogP contribution is 2.19. The van der Waals surface area contributed by atoms with Crippen LogP contribution in [0.4, 0.5) is 11.5 Å². The molecule has 0 bridgehead atoms. The monoisotopic (exact) mass is 255 g/mol. The zero-order valence-electron chi connectivity index (χ0n) is 8.13. The van der Waals surface area contributed by atoms with Crippen LogP contribution in [0.15, 0.2) is 28.9 Å². The SMILES string of the molecule is CC/C=C/CNc1ncc(Br)cc1N. The Balaban J connectivity index is 2.55. The number of halogens is 1. The molecule has 4 heteroatoms. The molecule has 1 aromatic heterocycles. The molecule has 3 nitrogen and oxygen atoms in total. The minimum atomic E-state index is 0.657. The molecular weight excluding hydrogens is 242 g/mol. The molecule has 14 heavy (non-hydrogen) atoms. The van der Waals surface area contributed by atoms with Crippen molar-refractivity contribution in [3.05, 3.63) is 28.9 Å². The second-order valence-corrected chi connectivity index (χ2v) is 3.77. The van der Waals surface area contributed by atoms with Crippen LogP contribution in [0.5, 0.6) is 0 Å². The van der Waals surface area contributed by atoms with Gasteiger partial charge in [-0.25, -0.2) is 4.98 Å². The lowest BCUT2D eigenvalue weighted by atomic mass is 10.4. The fraction of sp³-hybridized carbons (Fsp3) is 0.300. The van der Waals surface area contributed by atoms with Gasteiger partial charge in [-0.3, -0.25) is 0 Å². The summed E-state index contributed by atoms with van der Waals surface area (Å²) in [7, 11) is 0. The Kier molecular flexibility index (Phi) is 4.46. The van der Waals surface area contributed by atoms with Gasteiger partial charge in [-0.1, -0.05) is 19.1 Å². The van der Waals surface area contributed by atoms with Crippen LogP contribution in [-0.2, 0) is 0 Å². The maximum Gasteiger partial charge on any atom is 0.149 e. The minimum absolute atomic E-state index is 0.657. The predicted molar refractivity (Wildman–Crippen MR) is 64.3 cm³/mol. The number of nitrogens with zero attached hydrogens (tertiary/aromatic N) is 1. The summed E-state index contributed by atoms with van der Waals surface area (Å²) in [6.45, 7) is 2.86. The molecular formula is C10H14BrN3. The van der Waals surface area contributed by atoms with E-state index in [1.165, 1.54) is 0 Å². The fourth-order valence-electron chi connectivity index (χ4n) is 1.01. The molecule has 76 valence electrons. The number of nitrogens with two attached hydrogens (primary N) is 1. The summed E-state index contributed by atoms with van der Waals surface area (Å²) in [5.41, 5.74) is 6.41. The molecule has 1 aromatic rings. The Bertz CT molecular complexity index is 323. The van der Waals surface area contributed by atoms with Gasteiger partial charge >= 0.3 is 0 Å². The first-order chi connectivity index (χ1) is 6.74. The lowest BCUT2D eigenvalue weighted by Gasteiger charge is -2.05. The maximum absolute atomic E-state index is 5.76. The van der Waals surface area contributed by atoms with Gasteiger partial charge in [-0.2, -0.15) is 0 Å². The summed E-state index contributed by atoms with van der Waals surface area (Å²) in [5.74, 6) is 0.731. The highest BCUT2D eigenvalue weighted by Gasteiger charge is 1.98. The Morgan fingerprint density at radius 3 is 3.00 bits per heavy atom. The molecule has 0 saturated heterocycles. The molecule has 0 aliphatic carbocycles. The maximum atomic E-state index is 5.76. The van der Waals surface area contributed by atoms with Crippen molar-refractivity contribution in [1.29, 1.82) is 0 Å². The lowest BCUT2D eigenvalue weighted by molar-refractivity contribution is 1.18. The number of anilines is 2. The molecule has 0 aliphatic rings. The van der Waals surface area contributed by atoms with Crippen molar-refractivity contribution < 1.29 is 0 Å². The van der Waals surface area contributed by atoms with E-state index in [1.54, 1.807) is 6.20 Å². The molecule has 0 aliphatic heterocycles. The highest BCUT2D eigenvalue weighted by atomic mass is 79.9. The molecule has 0 atom stereocenters. The van der Waals surface area contributed by atoms with E-state index in [2.05, 4.69) is 45.3 Å². The number of hydrogen-bond donors (Lipinski definition) is 2. The Hall–Kier alpha value is -1.03. The first-order valence-electron chi connectivity index (χ1n) is 4.54. The van der Waals surface area contributed by atoms with Gasteiger partial charge in [0, 0.05) is 17.2 Å². The van der Waals surface area contributed by atoms with E-state index in [1.807, 2.05) is 6.07 Å². The second-order valence-electron chi connectivity index (χ2n) is 2.85. The number of hydrogen-bond acceptors (Lipinski definition) is 3.